The van der Waals surface area contributed by atoms with E-state index in [1.54, 1.807) is 12.1 Å². The molecule has 0 radical (unpaired) electrons. The Morgan fingerprint density at radius 3 is 2.92 bits per heavy atom. The highest BCUT2D eigenvalue weighted by Crippen LogP contribution is 2.26. The van der Waals surface area contributed by atoms with Crippen molar-refractivity contribution >= 4 is 22.4 Å². The molecule has 1 amide bonds. The SMILES string of the molecule is CCc1nc(N)sc1C(=O)N1CCC[C@H](COc2ccc(F)cc2)C1. The molecular weight excluding hydrogens is 341 g/mol. The highest BCUT2D eigenvalue weighted by atomic mass is 32.1. The number of amides is 1. The Hall–Kier alpha value is -2.15. The smallest absolute Gasteiger partial charge is 0.265 e. The van der Waals surface area contributed by atoms with Gasteiger partial charge in [-0.05, 0) is 43.5 Å². The maximum absolute atomic E-state index is 12.9. The van der Waals surface area contributed by atoms with E-state index in [9.17, 15) is 9.18 Å². The molecule has 3 rings (SSSR count). The molecule has 0 saturated carbocycles. The fourth-order valence-corrected chi connectivity index (χ4v) is 3.94. The lowest BCUT2D eigenvalue weighted by atomic mass is 9.98. The van der Waals surface area contributed by atoms with Crippen molar-refractivity contribution in [3.8, 4) is 5.75 Å². The third-order valence-corrected chi connectivity index (χ3v) is 5.26. The molecule has 0 unspecified atom stereocenters. The number of nitrogens with two attached hydrogens (primary N) is 1. The van der Waals surface area contributed by atoms with E-state index in [0.29, 0.717) is 35.3 Å². The summed E-state index contributed by atoms with van der Waals surface area (Å²) < 4.78 is 18.7. The van der Waals surface area contributed by atoms with Crippen molar-refractivity contribution in [3.63, 3.8) is 0 Å². The first-order valence-electron chi connectivity index (χ1n) is 8.49. The molecule has 2 N–H and O–H groups in total. The van der Waals surface area contributed by atoms with Crippen molar-refractivity contribution in [1.82, 2.24) is 9.88 Å². The van der Waals surface area contributed by atoms with Crippen molar-refractivity contribution in [2.45, 2.75) is 26.2 Å². The number of hydrogen-bond donors (Lipinski definition) is 1. The van der Waals surface area contributed by atoms with Crippen LogP contribution in [0.5, 0.6) is 5.75 Å². The average molecular weight is 363 g/mol. The van der Waals surface area contributed by atoms with E-state index in [1.165, 1.54) is 23.5 Å². The lowest BCUT2D eigenvalue weighted by molar-refractivity contribution is 0.0637. The number of carbonyl (C=O) groups excluding carboxylic acids is 1. The molecule has 134 valence electrons. The number of hydrogen-bond acceptors (Lipinski definition) is 5. The highest BCUT2D eigenvalue weighted by molar-refractivity contribution is 7.17. The second kappa shape index (κ2) is 7.82. The van der Waals surface area contributed by atoms with Crippen molar-refractivity contribution in [2.24, 2.45) is 5.92 Å². The molecule has 0 spiro atoms. The number of rotatable bonds is 5. The lowest BCUT2D eigenvalue weighted by Gasteiger charge is -2.32. The summed E-state index contributed by atoms with van der Waals surface area (Å²) in [4.78, 5) is 19.6. The summed E-state index contributed by atoms with van der Waals surface area (Å²) in [6.45, 7) is 3.88. The van der Waals surface area contributed by atoms with Gasteiger partial charge in [0.2, 0.25) is 0 Å². The Labute approximate surface area is 150 Å². The van der Waals surface area contributed by atoms with E-state index in [1.807, 2.05) is 11.8 Å². The number of anilines is 1. The minimum atomic E-state index is -0.280. The van der Waals surface area contributed by atoms with Gasteiger partial charge < -0.3 is 15.4 Å². The number of nitrogen functional groups attached to an aromatic ring is 1. The van der Waals surface area contributed by atoms with Crippen LogP contribution in [0.15, 0.2) is 24.3 Å². The minimum Gasteiger partial charge on any atom is -0.493 e. The van der Waals surface area contributed by atoms with E-state index < -0.39 is 0 Å². The number of likely N-dealkylation sites (tertiary alicyclic amines) is 1. The Balaban J connectivity index is 1.60. The molecule has 1 aromatic carbocycles. The van der Waals surface area contributed by atoms with Crippen LogP contribution in [0, 0.1) is 11.7 Å². The van der Waals surface area contributed by atoms with E-state index in [2.05, 4.69) is 4.98 Å². The molecule has 2 aromatic rings. The van der Waals surface area contributed by atoms with Crippen LogP contribution in [0.3, 0.4) is 0 Å². The minimum absolute atomic E-state index is 0.0116. The van der Waals surface area contributed by atoms with Gasteiger partial charge in [0.15, 0.2) is 5.13 Å². The second-order valence-electron chi connectivity index (χ2n) is 6.21. The Morgan fingerprint density at radius 2 is 2.20 bits per heavy atom. The number of thiazole rings is 1. The fraction of sp³-hybridized carbons (Fsp3) is 0.444. The van der Waals surface area contributed by atoms with Crippen LogP contribution in [-0.2, 0) is 6.42 Å². The summed E-state index contributed by atoms with van der Waals surface area (Å²) in [5.41, 5.74) is 6.54. The zero-order valence-corrected chi connectivity index (χ0v) is 15.0. The monoisotopic (exact) mass is 363 g/mol. The average Bonchev–Trinajstić information content (AvgIpc) is 3.02. The number of piperidine rings is 1. The van der Waals surface area contributed by atoms with E-state index >= 15 is 0 Å². The first-order valence-corrected chi connectivity index (χ1v) is 9.31. The van der Waals surface area contributed by atoms with Crippen LogP contribution in [0.1, 0.15) is 35.1 Å². The molecule has 1 atom stereocenters. The summed E-state index contributed by atoms with van der Waals surface area (Å²) >= 11 is 1.26. The third kappa shape index (κ3) is 4.28. The van der Waals surface area contributed by atoms with E-state index in [4.69, 9.17) is 10.5 Å². The zero-order valence-electron chi connectivity index (χ0n) is 14.2. The van der Waals surface area contributed by atoms with Crippen molar-refractivity contribution in [3.05, 3.63) is 40.7 Å². The summed E-state index contributed by atoms with van der Waals surface area (Å²) in [5, 5.41) is 0.438. The van der Waals surface area contributed by atoms with Gasteiger partial charge in [-0.2, -0.15) is 0 Å². The molecule has 2 heterocycles. The van der Waals surface area contributed by atoms with Gasteiger partial charge in [0.25, 0.3) is 5.91 Å². The third-order valence-electron chi connectivity index (χ3n) is 4.35. The number of aromatic nitrogens is 1. The zero-order chi connectivity index (χ0) is 17.8. The quantitative estimate of drug-likeness (QED) is 0.884. The number of aryl methyl sites for hydroxylation is 1. The first kappa shape index (κ1) is 17.7. The van der Waals surface area contributed by atoms with Crippen LogP contribution >= 0.6 is 11.3 Å². The number of halogens is 1. The van der Waals surface area contributed by atoms with E-state index in [0.717, 1.165) is 25.1 Å². The Morgan fingerprint density at radius 1 is 1.44 bits per heavy atom. The molecule has 1 saturated heterocycles. The normalized spacial score (nSPS) is 17.5. The summed E-state index contributed by atoms with van der Waals surface area (Å²) in [6.07, 6.45) is 2.65. The van der Waals surface area contributed by atoms with Gasteiger partial charge in [0.05, 0.1) is 12.3 Å². The Kier molecular flexibility index (Phi) is 5.53. The molecule has 25 heavy (non-hydrogen) atoms. The number of ether oxygens (including phenoxy) is 1. The Bertz CT molecular complexity index is 732. The number of nitrogens with zero attached hydrogens (tertiary/aromatic N) is 2. The van der Waals surface area contributed by atoms with Gasteiger partial charge in [-0.25, -0.2) is 9.37 Å². The molecule has 1 aliphatic heterocycles. The molecule has 5 nitrogen and oxygen atoms in total. The van der Waals surface area contributed by atoms with Crippen LogP contribution in [0.2, 0.25) is 0 Å². The first-order chi connectivity index (χ1) is 12.1. The molecule has 7 heteroatoms. The van der Waals surface area contributed by atoms with Gasteiger partial charge in [0, 0.05) is 19.0 Å². The largest absolute Gasteiger partial charge is 0.493 e. The van der Waals surface area contributed by atoms with Crippen LogP contribution < -0.4 is 10.5 Å². The van der Waals surface area contributed by atoms with Gasteiger partial charge in [-0.15, -0.1) is 0 Å². The summed E-state index contributed by atoms with van der Waals surface area (Å²) in [5.74, 6) is 0.640. The lowest BCUT2D eigenvalue weighted by Crippen LogP contribution is -2.41. The highest BCUT2D eigenvalue weighted by Gasteiger charge is 2.27. The predicted octanol–water partition coefficient (Wildman–Crippen LogP) is 3.36. The van der Waals surface area contributed by atoms with Crippen molar-refractivity contribution in [2.75, 3.05) is 25.4 Å². The van der Waals surface area contributed by atoms with Crippen molar-refractivity contribution < 1.29 is 13.9 Å². The second-order valence-corrected chi connectivity index (χ2v) is 7.24. The molecule has 1 fully saturated rings. The topological polar surface area (TPSA) is 68.5 Å². The number of carbonyl (C=O) groups is 1. The van der Waals surface area contributed by atoms with Gasteiger partial charge in [-0.3, -0.25) is 4.79 Å². The molecule has 0 bridgehead atoms. The molecule has 1 aromatic heterocycles. The maximum Gasteiger partial charge on any atom is 0.265 e. The van der Waals surface area contributed by atoms with Crippen LogP contribution in [0.25, 0.3) is 0 Å². The molecule has 1 aliphatic rings. The van der Waals surface area contributed by atoms with Crippen LogP contribution in [-0.4, -0.2) is 35.5 Å². The van der Waals surface area contributed by atoms with Crippen LogP contribution in [0.4, 0.5) is 9.52 Å². The van der Waals surface area contributed by atoms with Crippen molar-refractivity contribution in [1.29, 1.82) is 0 Å². The molecule has 0 aliphatic carbocycles. The van der Waals surface area contributed by atoms with E-state index in [-0.39, 0.29) is 17.6 Å². The van der Waals surface area contributed by atoms with Gasteiger partial charge in [0.1, 0.15) is 16.4 Å². The van der Waals surface area contributed by atoms with Gasteiger partial charge in [-0.1, -0.05) is 18.3 Å². The summed E-state index contributed by atoms with van der Waals surface area (Å²) in [6, 6.07) is 6.00. The maximum atomic E-state index is 12.9. The molecular formula is C18H22FN3O2S. The predicted molar refractivity (Wildman–Crippen MR) is 96.4 cm³/mol. The number of benzene rings is 1. The summed E-state index contributed by atoms with van der Waals surface area (Å²) in [7, 11) is 0. The standard InChI is InChI=1S/C18H22FN3O2S/c1-2-15-16(25-18(20)21-15)17(23)22-9-3-4-12(10-22)11-24-14-7-5-13(19)6-8-14/h5-8,12H,2-4,9-11H2,1H3,(H2,20,21)/t12-/m0/s1. The fourth-order valence-electron chi connectivity index (χ4n) is 3.05. The van der Waals surface area contributed by atoms with Gasteiger partial charge >= 0.3 is 0 Å².